The van der Waals surface area contributed by atoms with Crippen LogP contribution in [0.4, 0.5) is 5.82 Å². The van der Waals surface area contributed by atoms with Gasteiger partial charge >= 0.3 is 0 Å². The summed E-state index contributed by atoms with van der Waals surface area (Å²) in [4.78, 5) is 4.07. The smallest absolute Gasteiger partial charge is 0.165 e. The molecule has 0 bridgehead atoms. The van der Waals surface area contributed by atoms with Crippen LogP contribution >= 0.6 is 23.2 Å². The second-order valence-corrected chi connectivity index (χ2v) is 4.87. The number of benzene rings is 1. The van der Waals surface area contributed by atoms with Gasteiger partial charge < -0.3 is 4.74 Å². The molecule has 0 radical (unpaired) electrons. The van der Waals surface area contributed by atoms with E-state index >= 15 is 0 Å². The van der Waals surface area contributed by atoms with E-state index in [2.05, 4.69) is 15.5 Å². The van der Waals surface area contributed by atoms with E-state index in [9.17, 15) is 0 Å². The highest BCUT2D eigenvalue weighted by Crippen LogP contribution is 2.22. The van der Waals surface area contributed by atoms with Gasteiger partial charge in [0.05, 0.1) is 22.9 Å². The van der Waals surface area contributed by atoms with Gasteiger partial charge in [-0.2, -0.15) is 5.10 Å². The van der Waals surface area contributed by atoms with Crippen LogP contribution in [-0.2, 0) is 0 Å². The summed E-state index contributed by atoms with van der Waals surface area (Å²) in [7, 11) is 1.63. The van der Waals surface area contributed by atoms with Gasteiger partial charge in [0.25, 0.3) is 0 Å². The summed E-state index contributed by atoms with van der Waals surface area (Å²) in [6.45, 7) is 1.88. The van der Waals surface area contributed by atoms with Crippen molar-refractivity contribution in [2.45, 2.75) is 6.92 Å². The summed E-state index contributed by atoms with van der Waals surface area (Å²) >= 11 is 11.8. The van der Waals surface area contributed by atoms with E-state index in [-0.39, 0.29) is 0 Å². The van der Waals surface area contributed by atoms with E-state index in [1.807, 2.05) is 31.2 Å². The number of methoxy groups -OCH3 is 1. The summed E-state index contributed by atoms with van der Waals surface area (Å²) in [6, 6.07) is 9.23. The molecule has 0 aliphatic rings. The number of aromatic nitrogens is 1. The molecule has 20 heavy (non-hydrogen) atoms. The minimum Gasteiger partial charge on any atom is -0.497 e. The number of ether oxygens (including phenoxy) is 1. The van der Waals surface area contributed by atoms with Crippen molar-refractivity contribution in [2.75, 3.05) is 12.5 Å². The van der Waals surface area contributed by atoms with Crippen molar-refractivity contribution in [1.29, 1.82) is 0 Å². The zero-order chi connectivity index (χ0) is 14.5. The SMILES string of the molecule is COc1cccc(/C(C)=N\Nc2ncc(Cl)cc2Cl)c1. The fourth-order valence-corrected chi connectivity index (χ4v) is 1.97. The lowest BCUT2D eigenvalue weighted by Gasteiger charge is -2.06. The van der Waals surface area contributed by atoms with Crippen LogP contribution in [0.3, 0.4) is 0 Å². The molecule has 4 nitrogen and oxygen atoms in total. The highest BCUT2D eigenvalue weighted by molar-refractivity contribution is 6.35. The van der Waals surface area contributed by atoms with E-state index in [0.717, 1.165) is 17.0 Å². The molecule has 0 saturated carbocycles. The van der Waals surface area contributed by atoms with Gasteiger partial charge in [-0.05, 0) is 25.1 Å². The predicted octanol–water partition coefficient (Wildman–Crippen LogP) is 4.23. The lowest BCUT2D eigenvalue weighted by Crippen LogP contribution is -2.01. The highest BCUT2D eigenvalue weighted by atomic mass is 35.5. The molecule has 0 saturated heterocycles. The summed E-state index contributed by atoms with van der Waals surface area (Å²) in [5, 5.41) is 5.15. The molecule has 2 rings (SSSR count). The van der Waals surface area contributed by atoms with Crippen molar-refractivity contribution in [2.24, 2.45) is 5.10 Å². The van der Waals surface area contributed by atoms with E-state index in [1.54, 1.807) is 13.2 Å². The highest BCUT2D eigenvalue weighted by Gasteiger charge is 2.03. The summed E-state index contributed by atoms with van der Waals surface area (Å²) < 4.78 is 5.18. The molecule has 0 atom stereocenters. The first-order valence-corrected chi connectivity index (χ1v) is 6.61. The summed E-state index contributed by atoms with van der Waals surface area (Å²) in [5.74, 6) is 1.23. The van der Waals surface area contributed by atoms with Crippen LogP contribution in [0.2, 0.25) is 10.0 Å². The average Bonchev–Trinajstić information content (AvgIpc) is 2.46. The number of hydrogen-bond donors (Lipinski definition) is 1. The van der Waals surface area contributed by atoms with E-state index in [1.165, 1.54) is 6.20 Å². The first-order chi connectivity index (χ1) is 9.60. The molecule has 1 N–H and O–H groups in total. The van der Waals surface area contributed by atoms with Crippen LogP contribution in [0.25, 0.3) is 0 Å². The molecule has 0 fully saturated rings. The third-order valence-corrected chi connectivity index (χ3v) is 3.12. The van der Waals surface area contributed by atoms with Crippen LogP contribution in [0.5, 0.6) is 5.75 Å². The van der Waals surface area contributed by atoms with Crippen LogP contribution in [0.1, 0.15) is 12.5 Å². The van der Waals surface area contributed by atoms with Crippen molar-refractivity contribution in [3.05, 3.63) is 52.1 Å². The van der Waals surface area contributed by atoms with E-state index in [0.29, 0.717) is 15.9 Å². The number of pyridine rings is 1. The Bertz CT molecular complexity index is 644. The number of nitrogens with zero attached hydrogens (tertiary/aromatic N) is 2. The fourth-order valence-electron chi connectivity index (χ4n) is 1.55. The Labute approximate surface area is 127 Å². The van der Waals surface area contributed by atoms with Gasteiger partial charge in [-0.3, -0.25) is 5.43 Å². The normalized spacial score (nSPS) is 11.3. The summed E-state index contributed by atoms with van der Waals surface area (Å²) in [6.07, 6.45) is 1.51. The van der Waals surface area contributed by atoms with Gasteiger partial charge in [0.1, 0.15) is 5.75 Å². The number of hydrazone groups is 1. The number of nitrogens with one attached hydrogen (secondary N) is 1. The van der Waals surface area contributed by atoms with Crippen molar-refractivity contribution in [3.63, 3.8) is 0 Å². The zero-order valence-corrected chi connectivity index (χ0v) is 12.5. The molecule has 0 amide bonds. The number of halogens is 2. The first-order valence-electron chi connectivity index (χ1n) is 5.86. The lowest BCUT2D eigenvalue weighted by molar-refractivity contribution is 0.414. The maximum Gasteiger partial charge on any atom is 0.165 e. The quantitative estimate of drug-likeness (QED) is 0.679. The van der Waals surface area contributed by atoms with E-state index < -0.39 is 0 Å². The molecule has 0 aliphatic carbocycles. The third-order valence-electron chi connectivity index (χ3n) is 2.62. The van der Waals surface area contributed by atoms with Crippen molar-refractivity contribution < 1.29 is 4.74 Å². The minimum atomic E-state index is 0.416. The van der Waals surface area contributed by atoms with Gasteiger partial charge in [0.2, 0.25) is 0 Å². The monoisotopic (exact) mass is 309 g/mol. The Kier molecular flexibility index (Phi) is 4.82. The predicted molar refractivity (Wildman–Crippen MR) is 83.1 cm³/mol. The van der Waals surface area contributed by atoms with Crippen molar-refractivity contribution >= 4 is 34.7 Å². The standard InChI is InChI=1S/C14H13Cl2N3O/c1-9(10-4-3-5-12(6-10)20-2)18-19-14-13(16)7-11(15)8-17-14/h3-8H,1-2H3,(H,17,19)/b18-9-. The molecule has 1 aromatic carbocycles. The Morgan fingerprint density at radius 2 is 2.10 bits per heavy atom. The number of hydrogen-bond acceptors (Lipinski definition) is 4. The molecule has 0 unspecified atom stereocenters. The summed E-state index contributed by atoms with van der Waals surface area (Å²) in [5.41, 5.74) is 4.56. The third kappa shape index (κ3) is 3.62. The fraction of sp³-hybridized carbons (Fsp3) is 0.143. The molecule has 1 heterocycles. The van der Waals surface area contributed by atoms with Gasteiger partial charge in [-0.25, -0.2) is 4.98 Å². The maximum absolute atomic E-state index is 6.01. The Balaban J connectivity index is 2.17. The van der Waals surface area contributed by atoms with Gasteiger partial charge in [0, 0.05) is 11.8 Å². The van der Waals surface area contributed by atoms with Crippen LogP contribution in [0, 0.1) is 0 Å². The lowest BCUT2D eigenvalue weighted by atomic mass is 10.1. The van der Waals surface area contributed by atoms with Crippen molar-refractivity contribution in [1.82, 2.24) is 4.98 Å². The number of rotatable bonds is 4. The Morgan fingerprint density at radius 3 is 2.80 bits per heavy atom. The largest absolute Gasteiger partial charge is 0.497 e. The number of anilines is 1. The van der Waals surface area contributed by atoms with E-state index in [4.69, 9.17) is 27.9 Å². The van der Waals surface area contributed by atoms with Gasteiger partial charge in [0.15, 0.2) is 5.82 Å². The topological polar surface area (TPSA) is 46.5 Å². The average molecular weight is 310 g/mol. The van der Waals surface area contributed by atoms with Crippen LogP contribution < -0.4 is 10.2 Å². The molecule has 6 heteroatoms. The Morgan fingerprint density at radius 1 is 1.30 bits per heavy atom. The van der Waals surface area contributed by atoms with Crippen molar-refractivity contribution in [3.8, 4) is 5.75 Å². The Hall–Kier alpha value is -1.78. The molecule has 2 aromatic rings. The van der Waals surface area contributed by atoms with Gasteiger partial charge in [-0.1, -0.05) is 35.3 Å². The minimum absolute atomic E-state index is 0.416. The molecular weight excluding hydrogens is 297 g/mol. The van der Waals surface area contributed by atoms with Crippen LogP contribution in [-0.4, -0.2) is 17.8 Å². The molecule has 1 aromatic heterocycles. The molecule has 104 valence electrons. The molecule has 0 aliphatic heterocycles. The molecule has 0 spiro atoms. The zero-order valence-electron chi connectivity index (χ0n) is 11.0. The van der Waals surface area contributed by atoms with Crippen LogP contribution in [0.15, 0.2) is 41.6 Å². The van der Waals surface area contributed by atoms with Gasteiger partial charge in [-0.15, -0.1) is 0 Å². The first kappa shape index (κ1) is 14.6. The second kappa shape index (κ2) is 6.59. The molecular formula is C14H13Cl2N3O. The maximum atomic E-state index is 6.01. The second-order valence-electron chi connectivity index (χ2n) is 4.02.